The zero-order chi connectivity index (χ0) is 18.4. The molecule has 0 aliphatic heterocycles. The second-order valence-corrected chi connectivity index (χ2v) is 4.57. The summed E-state index contributed by atoms with van der Waals surface area (Å²) >= 11 is 0. The number of rotatable bonds is 10. The molecule has 1 atom stereocenters. The molecule has 10 heteroatoms. The predicted octanol–water partition coefficient (Wildman–Crippen LogP) is -0.790. The van der Waals surface area contributed by atoms with Crippen molar-refractivity contribution in [2.24, 2.45) is 5.73 Å². The van der Waals surface area contributed by atoms with E-state index in [1.807, 2.05) is 0 Å². The average Bonchev–Trinajstić information content (AvgIpc) is 2.40. The minimum atomic E-state index is -1.17. The van der Waals surface area contributed by atoms with Gasteiger partial charge >= 0.3 is 17.9 Å². The first kappa shape index (κ1) is 22.8. The molecule has 0 unspecified atom stereocenters. The van der Waals surface area contributed by atoms with Gasteiger partial charge in [-0.3, -0.25) is 24.0 Å². The van der Waals surface area contributed by atoms with E-state index in [1.54, 1.807) is 0 Å². The Hall–Kier alpha value is -2.49. The van der Waals surface area contributed by atoms with Crippen LogP contribution in [0.25, 0.3) is 0 Å². The maximum atomic E-state index is 10.8. The Labute approximate surface area is 132 Å². The number of amides is 1. The highest BCUT2D eigenvalue weighted by Crippen LogP contribution is 1.94. The van der Waals surface area contributed by atoms with Gasteiger partial charge in [-0.2, -0.15) is 0 Å². The number of carboxylic acid groups (broad SMARTS) is 3. The third kappa shape index (κ3) is 19.5. The van der Waals surface area contributed by atoms with Crippen molar-refractivity contribution in [3.05, 3.63) is 0 Å². The summed E-state index contributed by atoms with van der Waals surface area (Å²) in [5, 5.41) is 27.0. The number of aliphatic carboxylic acids is 3. The van der Waals surface area contributed by atoms with Crippen LogP contribution in [0, 0.1) is 0 Å². The van der Waals surface area contributed by atoms with Crippen LogP contribution in [0.4, 0.5) is 0 Å². The van der Waals surface area contributed by atoms with Crippen molar-refractivity contribution in [1.29, 1.82) is 0 Å². The molecule has 23 heavy (non-hydrogen) atoms. The standard InChI is InChI=1S/C8H13NO4.C5H9NO4/c1-6(10)9-4-2-3-7(11)5-8(12)13;6-3(5(9)10)1-2-4(7)8/h2-5H2,1H3,(H,9,10)(H,12,13);3H,1-2,6H2,(H,7,8)(H,9,10)/t;3-/m.0/s1. The molecule has 0 aromatic rings. The number of Topliss-reactive ketones (excluding diaryl/α,β-unsaturated/α-hetero) is 1. The van der Waals surface area contributed by atoms with E-state index >= 15 is 0 Å². The van der Waals surface area contributed by atoms with Crippen LogP contribution in [-0.2, 0) is 24.0 Å². The molecule has 0 spiro atoms. The SMILES string of the molecule is CC(=O)NCCCC(=O)CC(=O)O.N[C@@H](CCC(=O)O)C(=O)O. The number of carbonyl (C=O) groups is 5. The summed E-state index contributed by atoms with van der Waals surface area (Å²) < 4.78 is 0. The third-order valence-corrected chi connectivity index (χ3v) is 2.34. The van der Waals surface area contributed by atoms with Crippen molar-refractivity contribution in [1.82, 2.24) is 5.32 Å². The Kier molecular flexibility index (Phi) is 13.1. The molecule has 10 nitrogen and oxygen atoms in total. The van der Waals surface area contributed by atoms with Gasteiger partial charge in [0, 0.05) is 26.3 Å². The molecule has 0 bridgehead atoms. The minimum absolute atomic E-state index is 0.0231. The van der Waals surface area contributed by atoms with Crippen LogP contribution >= 0.6 is 0 Å². The Morgan fingerprint density at radius 3 is 1.96 bits per heavy atom. The van der Waals surface area contributed by atoms with E-state index in [0.717, 1.165) is 0 Å². The molecule has 0 heterocycles. The number of carbonyl (C=O) groups excluding carboxylic acids is 2. The van der Waals surface area contributed by atoms with Crippen LogP contribution in [0.2, 0.25) is 0 Å². The molecule has 0 saturated carbocycles. The van der Waals surface area contributed by atoms with Gasteiger partial charge in [0.2, 0.25) is 5.91 Å². The Bertz CT molecular complexity index is 436. The lowest BCUT2D eigenvalue weighted by Gasteiger charge is -2.01. The van der Waals surface area contributed by atoms with Gasteiger partial charge in [-0.05, 0) is 12.8 Å². The van der Waals surface area contributed by atoms with Gasteiger partial charge in [0.05, 0.1) is 0 Å². The molecule has 0 aliphatic rings. The Morgan fingerprint density at radius 2 is 1.57 bits per heavy atom. The quantitative estimate of drug-likeness (QED) is 0.252. The zero-order valence-corrected chi connectivity index (χ0v) is 12.8. The maximum absolute atomic E-state index is 10.8. The van der Waals surface area contributed by atoms with Crippen molar-refractivity contribution in [3.63, 3.8) is 0 Å². The van der Waals surface area contributed by atoms with Crippen molar-refractivity contribution in [3.8, 4) is 0 Å². The first-order valence-corrected chi connectivity index (χ1v) is 6.74. The Morgan fingerprint density at radius 1 is 1.00 bits per heavy atom. The van der Waals surface area contributed by atoms with Crippen LogP contribution in [0.5, 0.6) is 0 Å². The highest BCUT2D eigenvalue weighted by Gasteiger charge is 2.12. The normalized spacial score (nSPS) is 10.7. The predicted molar refractivity (Wildman–Crippen MR) is 77.7 cm³/mol. The number of hydrogen-bond donors (Lipinski definition) is 5. The van der Waals surface area contributed by atoms with E-state index in [0.29, 0.717) is 13.0 Å². The molecule has 0 saturated heterocycles. The number of nitrogens with two attached hydrogens (primary N) is 1. The minimum Gasteiger partial charge on any atom is -0.481 e. The maximum Gasteiger partial charge on any atom is 0.320 e. The summed E-state index contributed by atoms with van der Waals surface area (Å²) in [7, 11) is 0. The molecule has 0 aromatic carbocycles. The van der Waals surface area contributed by atoms with E-state index in [4.69, 9.17) is 21.1 Å². The first-order chi connectivity index (χ1) is 10.6. The van der Waals surface area contributed by atoms with Crippen molar-refractivity contribution in [2.75, 3.05) is 6.54 Å². The van der Waals surface area contributed by atoms with Crippen LogP contribution in [-0.4, -0.2) is 57.5 Å². The lowest BCUT2D eigenvalue weighted by atomic mass is 10.2. The average molecular weight is 334 g/mol. The van der Waals surface area contributed by atoms with Crippen LogP contribution in [0.15, 0.2) is 0 Å². The highest BCUT2D eigenvalue weighted by molar-refractivity contribution is 5.94. The third-order valence-electron chi connectivity index (χ3n) is 2.34. The van der Waals surface area contributed by atoms with E-state index in [2.05, 4.69) is 5.32 Å². The van der Waals surface area contributed by atoms with Crippen molar-refractivity contribution in [2.45, 2.75) is 45.1 Å². The number of ketones is 1. The van der Waals surface area contributed by atoms with Gasteiger partial charge in [0.15, 0.2) is 0 Å². The van der Waals surface area contributed by atoms with Gasteiger partial charge in [-0.1, -0.05) is 0 Å². The smallest absolute Gasteiger partial charge is 0.320 e. The van der Waals surface area contributed by atoms with E-state index < -0.39 is 30.4 Å². The van der Waals surface area contributed by atoms with Crippen LogP contribution in [0.1, 0.15) is 39.0 Å². The fourth-order valence-electron chi connectivity index (χ4n) is 1.21. The monoisotopic (exact) mass is 334 g/mol. The Balaban J connectivity index is 0. The summed E-state index contributed by atoms with van der Waals surface area (Å²) in [5.74, 6) is -3.76. The fraction of sp³-hybridized carbons (Fsp3) is 0.615. The van der Waals surface area contributed by atoms with E-state index in [9.17, 15) is 24.0 Å². The van der Waals surface area contributed by atoms with Gasteiger partial charge in [0.25, 0.3) is 0 Å². The van der Waals surface area contributed by atoms with Gasteiger partial charge in [0.1, 0.15) is 18.2 Å². The molecule has 132 valence electrons. The lowest BCUT2D eigenvalue weighted by Crippen LogP contribution is -2.30. The largest absolute Gasteiger partial charge is 0.481 e. The molecule has 0 aromatic heterocycles. The van der Waals surface area contributed by atoms with E-state index in [-0.39, 0.29) is 31.0 Å². The second kappa shape index (κ2) is 13.2. The molecular formula is C13H22N2O8. The highest BCUT2D eigenvalue weighted by atomic mass is 16.4. The summed E-state index contributed by atoms with van der Waals surface area (Å²) in [4.78, 5) is 51.1. The van der Waals surface area contributed by atoms with Gasteiger partial charge in [-0.15, -0.1) is 0 Å². The second-order valence-electron chi connectivity index (χ2n) is 4.57. The molecule has 0 radical (unpaired) electrons. The van der Waals surface area contributed by atoms with Gasteiger partial charge < -0.3 is 26.4 Å². The van der Waals surface area contributed by atoms with Crippen LogP contribution in [0.3, 0.4) is 0 Å². The summed E-state index contributed by atoms with van der Waals surface area (Å²) in [6, 6.07) is -1.06. The zero-order valence-electron chi connectivity index (χ0n) is 12.8. The fourth-order valence-corrected chi connectivity index (χ4v) is 1.21. The summed E-state index contributed by atoms with van der Waals surface area (Å²) in [6.07, 6.45) is 0.0382. The topological polar surface area (TPSA) is 184 Å². The molecule has 0 aliphatic carbocycles. The number of nitrogens with one attached hydrogen (secondary N) is 1. The van der Waals surface area contributed by atoms with Crippen molar-refractivity contribution < 1.29 is 39.3 Å². The van der Waals surface area contributed by atoms with Crippen LogP contribution < -0.4 is 11.1 Å². The number of hydrogen-bond acceptors (Lipinski definition) is 6. The van der Waals surface area contributed by atoms with E-state index in [1.165, 1.54) is 6.92 Å². The molecule has 1 amide bonds. The lowest BCUT2D eigenvalue weighted by molar-refractivity contribution is -0.141. The first-order valence-electron chi connectivity index (χ1n) is 6.74. The summed E-state index contributed by atoms with van der Waals surface area (Å²) in [5.41, 5.74) is 5.00. The molecule has 0 rings (SSSR count). The molecule has 6 N–H and O–H groups in total. The molecular weight excluding hydrogens is 312 g/mol. The van der Waals surface area contributed by atoms with Crippen molar-refractivity contribution >= 4 is 29.6 Å². The van der Waals surface area contributed by atoms with Gasteiger partial charge in [-0.25, -0.2) is 0 Å². The molecule has 0 fully saturated rings. The number of carboxylic acids is 3. The summed E-state index contributed by atoms with van der Waals surface area (Å²) in [6.45, 7) is 1.81.